The summed E-state index contributed by atoms with van der Waals surface area (Å²) < 4.78 is 14.2. The molecule has 0 saturated heterocycles. The fourth-order valence-electron chi connectivity index (χ4n) is 2.98. The topological polar surface area (TPSA) is 62.0 Å². The lowest BCUT2D eigenvalue weighted by atomic mass is 9.89. The molecule has 5 heteroatoms. The highest BCUT2D eigenvalue weighted by atomic mass is 19.1. The second kappa shape index (κ2) is 5.57. The lowest BCUT2D eigenvalue weighted by molar-refractivity contribution is -0.129. The van der Waals surface area contributed by atoms with Crippen LogP contribution >= 0.6 is 0 Å². The largest absolute Gasteiger partial charge is 0.477 e. The summed E-state index contributed by atoms with van der Waals surface area (Å²) in [5.41, 5.74) is 3.06. The van der Waals surface area contributed by atoms with Crippen LogP contribution in [0.5, 0.6) is 0 Å². The molecule has 0 radical (unpaired) electrons. The molecule has 1 aromatic rings. The number of dihydropyridines is 1. The SMILES string of the molecule is CC1=NC2C(C(C)C)=CC(C(=O)O)=NC2=C1c1ccccc1F. The summed E-state index contributed by atoms with van der Waals surface area (Å²) in [6.45, 7) is 5.78. The Morgan fingerprint density at radius 1 is 1.30 bits per heavy atom. The van der Waals surface area contributed by atoms with Gasteiger partial charge in [0, 0.05) is 16.8 Å². The average molecular weight is 312 g/mol. The lowest BCUT2D eigenvalue weighted by Crippen LogP contribution is -2.24. The summed E-state index contributed by atoms with van der Waals surface area (Å²) in [5, 5.41) is 9.33. The van der Waals surface area contributed by atoms with Gasteiger partial charge in [0.05, 0.1) is 5.70 Å². The van der Waals surface area contributed by atoms with Gasteiger partial charge in [-0.2, -0.15) is 0 Å². The summed E-state index contributed by atoms with van der Waals surface area (Å²) in [4.78, 5) is 20.3. The van der Waals surface area contributed by atoms with Gasteiger partial charge in [0.1, 0.15) is 17.6 Å². The highest BCUT2D eigenvalue weighted by molar-refractivity contribution is 6.41. The van der Waals surface area contributed by atoms with E-state index in [2.05, 4.69) is 9.98 Å². The second-order valence-electron chi connectivity index (χ2n) is 5.96. The molecule has 118 valence electrons. The van der Waals surface area contributed by atoms with Crippen LogP contribution in [0.4, 0.5) is 4.39 Å². The van der Waals surface area contributed by atoms with E-state index in [1.54, 1.807) is 31.2 Å². The van der Waals surface area contributed by atoms with Crippen LogP contribution in [-0.2, 0) is 4.79 Å². The molecular weight excluding hydrogens is 295 g/mol. The molecule has 23 heavy (non-hydrogen) atoms. The molecule has 0 aliphatic carbocycles. The average Bonchev–Trinajstić information content (AvgIpc) is 2.82. The fraction of sp³-hybridized carbons (Fsp3) is 0.278. The summed E-state index contributed by atoms with van der Waals surface area (Å²) in [5.74, 6) is -1.33. The quantitative estimate of drug-likeness (QED) is 0.928. The Balaban J connectivity index is 2.25. The van der Waals surface area contributed by atoms with E-state index in [-0.39, 0.29) is 23.5 Å². The van der Waals surface area contributed by atoms with Crippen molar-refractivity contribution >= 4 is 23.0 Å². The van der Waals surface area contributed by atoms with Crippen LogP contribution in [0.2, 0.25) is 0 Å². The van der Waals surface area contributed by atoms with Crippen LogP contribution in [0, 0.1) is 11.7 Å². The minimum Gasteiger partial charge on any atom is -0.477 e. The Morgan fingerprint density at radius 2 is 2.00 bits per heavy atom. The predicted molar refractivity (Wildman–Crippen MR) is 88.2 cm³/mol. The molecule has 1 N–H and O–H groups in total. The third-order valence-corrected chi connectivity index (χ3v) is 4.09. The van der Waals surface area contributed by atoms with Crippen molar-refractivity contribution in [2.75, 3.05) is 0 Å². The number of aliphatic carboxylic acids is 1. The van der Waals surface area contributed by atoms with Crippen molar-refractivity contribution in [2.24, 2.45) is 15.9 Å². The van der Waals surface area contributed by atoms with E-state index in [1.165, 1.54) is 6.07 Å². The highest BCUT2D eigenvalue weighted by Crippen LogP contribution is 2.39. The zero-order valence-corrected chi connectivity index (χ0v) is 13.2. The van der Waals surface area contributed by atoms with Crippen molar-refractivity contribution < 1.29 is 14.3 Å². The molecule has 0 aromatic heterocycles. The smallest absolute Gasteiger partial charge is 0.354 e. The Labute approximate surface area is 133 Å². The van der Waals surface area contributed by atoms with Crippen LogP contribution in [0.15, 0.2) is 51.6 Å². The molecule has 0 spiro atoms. The monoisotopic (exact) mass is 312 g/mol. The molecule has 2 heterocycles. The van der Waals surface area contributed by atoms with E-state index in [4.69, 9.17) is 0 Å². The van der Waals surface area contributed by atoms with E-state index in [9.17, 15) is 14.3 Å². The van der Waals surface area contributed by atoms with Gasteiger partial charge in [-0.05, 0) is 30.6 Å². The Bertz CT molecular complexity index is 816. The van der Waals surface area contributed by atoms with Crippen LogP contribution < -0.4 is 0 Å². The molecule has 1 aromatic carbocycles. The van der Waals surface area contributed by atoms with Gasteiger partial charge in [-0.3, -0.25) is 4.99 Å². The maximum atomic E-state index is 14.2. The molecule has 0 saturated carbocycles. The molecule has 0 bridgehead atoms. The Hall–Kier alpha value is -2.56. The van der Waals surface area contributed by atoms with Crippen molar-refractivity contribution in [1.29, 1.82) is 0 Å². The number of carbonyl (C=O) groups is 1. The number of allylic oxidation sites excluding steroid dienone is 1. The van der Waals surface area contributed by atoms with Gasteiger partial charge in [-0.15, -0.1) is 0 Å². The third kappa shape index (κ3) is 2.52. The van der Waals surface area contributed by atoms with Gasteiger partial charge >= 0.3 is 5.97 Å². The molecule has 1 unspecified atom stereocenters. The fourth-order valence-corrected chi connectivity index (χ4v) is 2.98. The first-order chi connectivity index (χ1) is 10.9. The number of hydrogen-bond donors (Lipinski definition) is 1. The molecule has 3 rings (SSSR count). The number of aliphatic imine (C=N–C) groups is 2. The number of fused-ring (bicyclic) bond motifs is 1. The van der Waals surface area contributed by atoms with Crippen molar-refractivity contribution in [3.63, 3.8) is 0 Å². The molecule has 2 aliphatic rings. The first-order valence-corrected chi connectivity index (χ1v) is 7.47. The minimum atomic E-state index is -1.09. The van der Waals surface area contributed by atoms with Gasteiger partial charge in [0.2, 0.25) is 0 Å². The molecule has 4 nitrogen and oxygen atoms in total. The standard InChI is InChI=1S/C18H17FN2O2/c1-9(2)12-8-14(18(22)23)21-17-15(10(3)20-16(12)17)11-6-4-5-7-13(11)19/h4-9,16H,1-3H3,(H,22,23). The highest BCUT2D eigenvalue weighted by Gasteiger charge is 2.35. The van der Waals surface area contributed by atoms with Gasteiger partial charge in [0.25, 0.3) is 0 Å². The number of benzene rings is 1. The maximum Gasteiger partial charge on any atom is 0.354 e. The summed E-state index contributed by atoms with van der Waals surface area (Å²) in [7, 11) is 0. The minimum absolute atomic E-state index is 0.0290. The van der Waals surface area contributed by atoms with E-state index in [0.717, 1.165) is 5.57 Å². The maximum absolute atomic E-state index is 14.2. The number of carboxylic acids is 1. The molecule has 1 atom stereocenters. The van der Waals surface area contributed by atoms with Crippen molar-refractivity contribution in [1.82, 2.24) is 0 Å². The summed E-state index contributed by atoms with van der Waals surface area (Å²) in [6, 6.07) is 6.09. The predicted octanol–water partition coefficient (Wildman–Crippen LogP) is 3.50. The van der Waals surface area contributed by atoms with Gasteiger partial charge < -0.3 is 5.11 Å². The number of carboxylic acid groups (broad SMARTS) is 1. The number of nitrogens with zero attached hydrogens (tertiary/aromatic N) is 2. The van der Waals surface area contributed by atoms with E-state index < -0.39 is 5.97 Å². The van der Waals surface area contributed by atoms with Crippen molar-refractivity contribution in [2.45, 2.75) is 26.8 Å². The van der Waals surface area contributed by atoms with Crippen LogP contribution in [0.1, 0.15) is 26.3 Å². The van der Waals surface area contributed by atoms with E-state index >= 15 is 0 Å². The van der Waals surface area contributed by atoms with Crippen LogP contribution in [0.3, 0.4) is 0 Å². The number of halogens is 1. The second-order valence-corrected chi connectivity index (χ2v) is 5.96. The Morgan fingerprint density at radius 3 is 2.61 bits per heavy atom. The zero-order valence-electron chi connectivity index (χ0n) is 13.2. The first kappa shape index (κ1) is 15.3. The molecule has 0 amide bonds. The third-order valence-electron chi connectivity index (χ3n) is 4.09. The summed E-state index contributed by atoms with van der Waals surface area (Å²) in [6.07, 6.45) is 1.59. The first-order valence-electron chi connectivity index (χ1n) is 7.47. The number of rotatable bonds is 3. The summed E-state index contributed by atoms with van der Waals surface area (Å²) >= 11 is 0. The zero-order chi connectivity index (χ0) is 16.7. The van der Waals surface area contributed by atoms with Crippen molar-refractivity contribution in [3.8, 4) is 0 Å². The number of hydrogen-bond acceptors (Lipinski definition) is 3. The van der Waals surface area contributed by atoms with Gasteiger partial charge in [-0.1, -0.05) is 32.0 Å². The van der Waals surface area contributed by atoms with Crippen molar-refractivity contribution in [3.05, 3.63) is 53.0 Å². The normalized spacial score (nSPS) is 20.2. The van der Waals surface area contributed by atoms with Crippen LogP contribution in [-0.4, -0.2) is 28.5 Å². The van der Waals surface area contributed by atoms with Crippen LogP contribution in [0.25, 0.3) is 5.57 Å². The van der Waals surface area contributed by atoms with Gasteiger partial charge in [0.15, 0.2) is 0 Å². The van der Waals surface area contributed by atoms with E-state index in [0.29, 0.717) is 22.5 Å². The molecular formula is C18H17FN2O2. The molecule has 0 fully saturated rings. The molecule has 2 aliphatic heterocycles. The van der Waals surface area contributed by atoms with E-state index in [1.807, 2.05) is 13.8 Å². The Kier molecular flexibility index (Phi) is 3.72. The lowest BCUT2D eigenvalue weighted by Gasteiger charge is -2.22. The van der Waals surface area contributed by atoms with Gasteiger partial charge in [-0.25, -0.2) is 14.2 Å².